The van der Waals surface area contributed by atoms with Crippen LogP contribution in [-0.2, 0) is 0 Å². The second-order valence-corrected chi connectivity index (χ2v) is 7.66. The third-order valence-electron chi connectivity index (χ3n) is 4.34. The Kier molecular flexibility index (Phi) is 3.55. The molecule has 0 amide bonds. The number of fused-ring (bicyclic) bond motifs is 4. The molecule has 6 heteroatoms. The van der Waals surface area contributed by atoms with Crippen molar-refractivity contribution in [2.75, 3.05) is 4.90 Å². The molecule has 2 aromatic carbocycles. The van der Waals surface area contributed by atoms with Gasteiger partial charge in [0.15, 0.2) is 10.8 Å². The van der Waals surface area contributed by atoms with Crippen LogP contribution in [0.25, 0.3) is 0 Å². The Morgan fingerprint density at radius 2 is 2.04 bits per heavy atom. The zero-order chi connectivity index (χ0) is 16.2. The van der Waals surface area contributed by atoms with Crippen molar-refractivity contribution < 1.29 is 4.74 Å². The molecule has 0 aliphatic carbocycles. The van der Waals surface area contributed by atoms with Gasteiger partial charge < -0.3 is 10.1 Å². The fraction of sp³-hybridized carbons (Fsp3) is 0.235. The molecular formula is C17H14BrClN2OS. The number of anilines is 1. The first kappa shape index (κ1) is 15.2. The Morgan fingerprint density at radius 3 is 2.78 bits per heavy atom. The summed E-state index contributed by atoms with van der Waals surface area (Å²) in [5.41, 5.74) is 1.48. The van der Waals surface area contributed by atoms with Crippen LogP contribution in [0.1, 0.15) is 24.9 Å². The van der Waals surface area contributed by atoms with Crippen molar-refractivity contribution in [1.29, 1.82) is 0 Å². The molecule has 2 heterocycles. The van der Waals surface area contributed by atoms with Crippen molar-refractivity contribution in [1.82, 2.24) is 5.32 Å². The average molecular weight is 410 g/mol. The van der Waals surface area contributed by atoms with E-state index in [4.69, 9.17) is 28.6 Å². The molecule has 23 heavy (non-hydrogen) atoms. The zero-order valence-electron chi connectivity index (χ0n) is 12.3. The lowest BCUT2D eigenvalue weighted by Gasteiger charge is -2.52. The van der Waals surface area contributed by atoms with Crippen molar-refractivity contribution in [3.05, 3.63) is 57.5 Å². The molecule has 2 atom stereocenters. The maximum Gasteiger partial charge on any atom is 0.188 e. The largest absolute Gasteiger partial charge is 0.466 e. The summed E-state index contributed by atoms with van der Waals surface area (Å²) in [7, 11) is 0. The lowest BCUT2D eigenvalue weighted by Crippen LogP contribution is -2.65. The second kappa shape index (κ2) is 5.36. The van der Waals surface area contributed by atoms with Crippen LogP contribution in [0.2, 0.25) is 5.02 Å². The van der Waals surface area contributed by atoms with Crippen molar-refractivity contribution in [3.63, 3.8) is 0 Å². The molecule has 1 N–H and O–H groups in total. The number of halogens is 2. The van der Waals surface area contributed by atoms with Crippen LogP contribution >= 0.6 is 39.7 Å². The summed E-state index contributed by atoms with van der Waals surface area (Å²) in [6.45, 7) is 2.06. The van der Waals surface area contributed by atoms with Crippen LogP contribution in [0.5, 0.6) is 5.75 Å². The van der Waals surface area contributed by atoms with Crippen LogP contribution in [0.4, 0.5) is 5.69 Å². The normalized spacial score (nSPS) is 25.4. The Morgan fingerprint density at radius 1 is 1.30 bits per heavy atom. The highest BCUT2D eigenvalue weighted by Gasteiger charge is 2.48. The Balaban J connectivity index is 1.82. The summed E-state index contributed by atoms with van der Waals surface area (Å²) < 4.78 is 7.37. The summed E-state index contributed by atoms with van der Waals surface area (Å²) in [5, 5.41) is 4.72. The number of thiocarbonyl (C=S) groups is 1. The highest BCUT2D eigenvalue weighted by Crippen LogP contribution is 2.48. The van der Waals surface area contributed by atoms with Gasteiger partial charge in [0.2, 0.25) is 0 Å². The van der Waals surface area contributed by atoms with Crippen molar-refractivity contribution in [3.8, 4) is 5.75 Å². The van der Waals surface area contributed by atoms with Gasteiger partial charge in [-0.1, -0.05) is 39.7 Å². The van der Waals surface area contributed by atoms with Crippen molar-refractivity contribution in [2.24, 2.45) is 0 Å². The molecule has 3 nitrogen and oxygen atoms in total. The van der Waals surface area contributed by atoms with Gasteiger partial charge in [-0.3, -0.25) is 4.90 Å². The lowest BCUT2D eigenvalue weighted by atomic mass is 9.90. The number of nitrogens with zero attached hydrogens (tertiary/aromatic N) is 1. The second-order valence-electron chi connectivity index (χ2n) is 5.95. The molecule has 0 spiro atoms. The maximum atomic E-state index is 6.36. The van der Waals surface area contributed by atoms with Gasteiger partial charge in [0, 0.05) is 22.1 Å². The Hall–Kier alpha value is -1.30. The molecule has 0 aromatic heterocycles. The molecule has 0 radical (unpaired) electrons. The highest BCUT2D eigenvalue weighted by atomic mass is 79.9. The van der Waals surface area contributed by atoms with E-state index in [2.05, 4.69) is 28.2 Å². The zero-order valence-corrected chi connectivity index (χ0v) is 15.5. The van der Waals surface area contributed by atoms with Crippen molar-refractivity contribution >= 4 is 50.5 Å². The van der Waals surface area contributed by atoms with E-state index in [-0.39, 0.29) is 6.04 Å². The first-order chi connectivity index (χ1) is 11.0. The summed E-state index contributed by atoms with van der Waals surface area (Å²) in [6, 6.07) is 14.0. The van der Waals surface area contributed by atoms with Crippen LogP contribution in [0, 0.1) is 0 Å². The van der Waals surface area contributed by atoms with E-state index in [0.29, 0.717) is 10.1 Å². The van der Waals surface area contributed by atoms with Gasteiger partial charge >= 0.3 is 0 Å². The van der Waals surface area contributed by atoms with E-state index in [1.165, 1.54) is 0 Å². The number of rotatable bonds is 1. The van der Waals surface area contributed by atoms with Crippen LogP contribution in [-0.4, -0.2) is 10.8 Å². The predicted molar refractivity (Wildman–Crippen MR) is 100 cm³/mol. The summed E-state index contributed by atoms with van der Waals surface area (Å²) in [4.78, 5) is 2.03. The highest BCUT2D eigenvalue weighted by molar-refractivity contribution is 9.10. The number of ether oxygens (including phenoxy) is 1. The molecule has 118 valence electrons. The standard InChI is InChI=1S/C17H14BrClN2OS/c1-17-9-14(12-3-2-4-13(19)15(12)22-17)20-16(23)21(17)11-7-5-10(18)6-8-11/h2-8,14H,9H2,1H3,(H,20,23)/t14-,17-/m1/s1. The number of para-hydroxylation sites is 1. The van der Waals surface area contributed by atoms with E-state index in [9.17, 15) is 0 Å². The first-order valence-corrected chi connectivity index (χ1v) is 8.89. The van der Waals surface area contributed by atoms with Gasteiger partial charge in [0.25, 0.3) is 0 Å². The van der Waals surface area contributed by atoms with Crippen molar-refractivity contribution in [2.45, 2.75) is 25.1 Å². The fourth-order valence-corrected chi connectivity index (χ4v) is 4.26. The van der Waals surface area contributed by atoms with Gasteiger partial charge in [0.05, 0.1) is 11.1 Å². The van der Waals surface area contributed by atoms with E-state index in [1.54, 1.807) is 0 Å². The number of nitrogens with one attached hydrogen (secondary N) is 1. The molecule has 2 aliphatic heterocycles. The third kappa shape index (κ3) is 2.42. The fourth-order valence-electron chi connectivity index (χ4n) is 3.33. The predicted octanol–water partition coefficient (Wildman–Crippen LogP) is 5.04. The van der Waals surface area contributed by atoms with Gasteiger partial charge in [-0.15, -0.1) is 0 Å². The van der Waals surface area contributed by atoms with Crippen LogP contribution in [0.15, 0.2) is 46.9 Å². The van der Waals surface area contributed by atoms with E-state index in [1.807, 2.05) is 47.4 Å². The number of hydrogen-bond acceptors (Lipinski definition) is 2. The monoisotopic (exact) mass is 408 g/mol. The van der Waals surface area contributed by atoms with Crippen LogP contribution < -0.4 is 15.0 Å². The molecular weight excluding hydrogens is 396 g/mol. The molecule has 2 bridgehead atoms. The van der Waals surface area contributed by atoms with E-state index < -0.39 is 5.72 Å². The molecule has 1 saturated heterocycles. The topological polar surface area (TPSA) is 24.5 Å². The van der Waals surface area contributed by atoms with Gasteiger partial charge in [-0.2, -0.15) is 0 Å². The number of hydrogen-bond donors (Lipinski definition) is 1. The van der Waals surface area contributed by atoms with Gasteiger partial charge in [-0.25, -0.2) is 0 Å². The first-order valence-electron chi connectivity index (χ1n) is 7.32. The summed E-state index contributed by atoms with van der Waals surface area (Å²) in [6.07, 6.45) is 0.788. The Bertz CT molecular complexity index is 798. The summed E-state index contributed by atoms with van der Waals surface area (Å²) in [5.74, 6) is 0.741. The Labute approximate surface area is 153 Å². The summed E-state index contributed by atoms with van der Waals surface area (Å²) >= 11 is 15.4. The number of benzene rings is 2. The maximum absolute atomic E-state index is 6.36. The molecule has 0 saturated carbocycles. The van der Waals surface area contributed by atoms with E-state index in [0.717, 1.165) is 27.9 Å². The minimum Gasteiger partial charge on any atom is -0.466 e. The van der Waals surface area contributed by atoms with Gasteiger partial charge in [0.1, 0.15) is 5.75 Å². The molecule has 2 aromatic rings. The minimum absolute atomic E-state index is 0.113. The molecule has 4 rings (SSSR count). The smallest absolute Gasteiger partial charge is 0.188 e. The lowest BCUT2D eigenvalue weighted by molar-refractivity contribution is 0.0499. The van der Waals surface area contributed by atoms with Gasteiger partial charge in [-0.05, 0) is 49.5 Å². The molecule has 0 unspecified atom stereocenters. The quantitative estimate of drug-likeness (QED) is 0.667. The molecule has 1 fully saturated rings. The van der Waals surface area contributed by atoms with Crippen LogP contribution in [0.3, 0.4) is 0 Å². The van der Waals surface area contributed by atoms with E-state index >= 15 is 0 Å². The minimum atomic E-state index is -0.571. The molecule has 2 aliphatic rings. The SMILES string of the molecule is C[C@@]12C[C@@H](NC(=S)N1c1ccc(Br)cc1)c1cccc(Cl)c1O2. The third-order valence-corrected chi connectivity index (χ3v) is 5.46. The average Bonchev–Trinajstić information content (AvgIpc) is 2.50.